The minimum absolute atomic E-state index is 0.155. The molecule has 0 aliphatic heterocycles. The van der Waals surface area contributed by atoms with E-state index in [1.54, 1.807) is 13.0 Å². The first-order chi connectivity index (χ1) is 13.0. The highest BCUT2D eigenvalue weighted by molar-refractivity contribution is 5.62. The Morgan fingerprint density at radius 1 is 0.926 bits per heavy atom. The predicted molar refractivity (Wildman–Crippen MR) is 112 cm³/mol. The van der Waals surface area contributed by atoms with Gasteiger partial charge < -0.3 is 0 Å². The molecular weight excluding hydrogens is 338 g/mol. The van der Waals surface area contributed by atoms with Crippen LogP contribution in [-0.2, 0) is 6.42 Å². The zero-order valence-corrected chi connectivity index (χ0v) is 16.7. The van der Waals surface area contributed by atoms with E-state index >= 15 is 0 Å². The van der Waals surface area contributed by atoms with Gasteiger partial charge in [-0.2, -0.15) is 0 Å². The van der Waals surface area contributed by atoms with Crippen LogP contribution in [0, 0.1) is 11.6 Å². The summed E-state index contributed by atoms with van der Waals surface area (Å²) in [6.45, 7) is 7.71. The van der Waals surface area contributed by atoms with E-state index in [-0.39, 0.29) is 5.92 Å². The van der Waals surface area contributed by atoms with Crippen LogP contribution in [0.25, 0.3) is 5.57 Å². The average molecular weight is 371 g/mol. The fourth-order valence-electron chi connectivity index (χ4n) is 3.73. The molecule has 0 aliphatic carbocycles. The lowest BCUT2D eigenvalue weighted by Crippen LogP contribution is -2.05. The Balaban J connectivity index is 1.88. The first-order valence-electron chi connectivity index (χ1n) is 10.2. The first kappa shape index (κ1) is 21.3. The van der Waals surface area contributed by atoms with Crippen LogP contribution in [0.15, 0.2) is 49.0 Å². The summed E-state index contributed by atoms with van der Waals surface area (Å²) in [4.78, 5) is 0. The Morgan fingerprint density at radius 2 is 1.63 bits per heavy atom. The second-order valence-corrected chi connectivity index (χ2v) is 7.56. The maximum atomic E-state index is 14.4. The maximum absolute atomic E-state index is 14.4. The van der Waals surface area contributed by atoms with Crippen LogP contribution in [0.2, 0.25) is 0 Å². The smallest absolute Gasteiger partial charge is 0.133 e. The van der Waals surface area contributed by atoms with E-state index in [1.807, 2.05) is 6.07 Å². The van der Waals surface area contributed by atoms with Gasteiger partial charge in [0.25, 0.3) is 0 Å². The van der Waals surface area contributed by atoms with Crippen LogP contribution in [-0.4, -0.2) is 0 Å². The molecule has 0 unspecified atom stereocenters. The van der Waals surface area contributed by atoms with E-state index in [0.29, 0.717) is 16.7 Å². The molecule has 0 bridgehead atoms. The molecule has 0 fully saturated rings. The molecule has 0 saturated carbocycles. The van der Waals surface area contributed by atoms with Gasteiger partial charge in [-0.25, -0.2) is 8.78 Å². The van der Waals surface area contributed by atoms with E-state index in [4.69, 9.17) is 0 Å². The number of aryl methyl sites for hydroxylation is 1. The van der Waals surface area contributed by atoms with Crippen molar-refractivity contribution in [2.75, 3.05) is 0 Å². The van der Waals surface area contributed by atoms with E-state index in [0.717, 1.165) is 44.6 Å². The summed E-state index contributed by atoms with van der Waals surface area (Å²) in [7, 11) is 0. The van der Waals surface area contributed by atoms with Gasteiger partial charge in [0, 0.05) is 11.6 Å². The zero-order valence-electron chi connectivity index (χ0n) is 16.7. The molecule has 0 nitrogen and oxygen atoms in total. The maximum Gasteiger partial charge on any atom is 0.133 e. The third-order valence-electron chi connectivity index (χ3n) is 5.23. The van der Waals surface area contributed by atoms with Crippen molar-refractivity contribution in [1.29, 1.82) is 0 Å². The number of allylic oxidation sites excluding steroid dienone is 1. The fraction of sp³-hybridized carbons (Fsp3) is 0.440. The van der Waals surface area contributed by atoms with Gasteiger partial charge in [0.2, 0.25) is 0 Å². The van der Waals surface area contributed by atoms with Gasteiger partial charge in [-0.05, 0) is 61.3 Å². The summed E-state index contributed by atoms with van der Waals surface area (Å²) in [5, 5.41) is 0. The SMILES string of the molecule is C=C(C)c1cc([C@@H](CCC)CCCCCCc2ccccc2)c(F)cc1F. The lowest BCUT2D eigenvalue weighted by molar-refractivity contribution is 0.488. The van der Waals surface area contributed by atoms with Crippen LogP contribution in [0.4, 0.5) is 8.78 Å². The summed E-state index contributed by atoms with van der Waals surface area (Å²) in [6.07, 6.45) is 8.62. The summed E-state index contributed by atoms with van der Waals surface area (Å²) >= 11 is 0. The summed E-state index contributed by atoms with van der Waals surface area (Å²) < 4.78 is 28.4. The number of hydrogen-bond donors (Lipinski definition) is 0. The highest BCUT2D eigenvalue weighted by Crippen LogP contribution is 2.32. The van der Waals surface area contributed by atoms with Crippen molar-refractivity contribution in [3.05, 3.63) is 77.4 Å². The van der Waals surface area contributed by atoms with Gasteiger partial charge in [0.15, 0.2) is 0 Å². The molecule has 1 atom stereocenters. The Labute approximate surface area is 163 Å². The second kappa shape index (κ2) is 11.0. The molecule has 146 valence electrons. The molecule has 27 heavy (non-hydrogen) atoms. The van der Waals surface area contributed by atoms with Gasteiger partial charge in [-0.3, -0.25) is 0 Å². The molecule has 2 aromatic rings. The summed E-state index contributed by atoms with van der Waals surface area (Å²) in [5.41, 5.74) is 3.13. The van der Waals surface area contributed by atoms with E-state index in [1.165, 1.54) is 18.4 Å². The largest absolute Gasteiger partial charge is 0.207 e. The van der Waals surface area contributed by atoms with Gasteiger partial charge in [-0.15, -0.1) is 0 Å². The fourth-order valence-corrected chi connectivity index (χ4v) is 3.73. The zero-order chi connectivity index (χ0) is 19.6. The molecule has 0 aliphatic rings. The lowest BCUT2D eigenvalue weighted by Gasteiger charge is -2.19. The molecule has 0 N–H and O–H groups in total. The molecule has 0 heterocycles. The topological polar surface area (TPSA) is 0 Å². The van der Waals surface area contributed by atoms with Crippen molar-refractivity contribution >= 4 is 5.57 Å². The van der Waals surface area contributed by atoms with Crippen LogP contribution in [0.3, 0.4) is 0 Å². The summed E-state index contributed by atoms with van der Waals surface area (Å²) in [6, 6.07) is 13.3. The normalized spacial score (nSPS) is 12.1. The van der Waals surface area contributed by atoms with Crippen LogP contribution in [0.1, 0.15) is 81.4 Å². The van der Waals surface area contributed by atoms with Crippen molar-refractivity contribution in [1.82, 2.24) is 0 Å². The van der Waals surface area contributed by atoms with E-state index in [2.05, 4.69) is 37.8 Å². The van der Waals surface area contributed by atoms with Crippen molar-refractivity contribution in [3.63, 3.8) is 0 Å². The van der Waals surface area contributed by atoms with E-state index < -0.39 is 11.6 Å². The van der Waals surface area contributed by atoms with Gasteiger partial charge >= 0.3 is 0 Å². The highest BCUT2D eigenvalue weighted by Gasteiger charge is 2.18. The number of rotatable bonds is 11. The van der Waals surface area contributed by atoms with Crippen LogP contribution >= 0.6 is 0 Å². The summed E-state index contributed by atoms with van der Waals surface area (Å²) in [5.74, 6) is -0.775. The third-order valence-corrected chi connectivity index (χ3v) is 5.23. The molecule has 0 amide bonds. The number of halogens is 2. The molecule has 0 radical (unpaired) electrons. The monoisotopic (exact) mass is 370 g/mol. The Hall–Kier alpha value is -1.96. The molecule has 2 heteroatoms. The van der Waals surface area contributed by atoms with E-state index in [9.17, 15) is 8.78 Å². The Bertz CT molecular complexity index is 719. The molecule has 2 aromatic carbocycles. The Kier molecular flexibility index (Phi) is 8.71. The minimum Gasteiger partial charge on any atom is -0.207 e. The first-order valence-corrected chi connectivity index (χ1v) is 10.2. The molecule has 2 rings (SSSR count). The van der Waals surface area contributed by atoms with Gasteiger partial charge in [0.1, 0.15) is 11.6 Å². The Morgan fingerprint density at radius 3 is 2.30 bits per heavy atom. The van der Waals surface area contributed by atoms with Crippen molar-refractivity contribution in [2.24, 2.45) is 0 Å². The standard InChI is InChI=1S/C25H32F2/c1-4-12-21(23-17-22(19(2)3)24(26)18-25(23)27)16-11-6-5-8-13-20-14-9-7-10-15-20/h7,9-10,14-15,17-18,21H,2,4-6,8,11-13,16H2,1,3H3/t21-/m0/s1. The van der Waals surface area contributed by atoms with Crippen LogP contribution in [0.5, 0.6) is 0 Å². The molecular formula is C25H32F2. The molecule has 0 aromatic heterocycles. The average Bonchev–Trinajstić information content (AvgIpc) is 2.64. The number of hydrogen-bond acceptors (Lipinski definition) is 0. The van der Waals surface area contributed by atoms with Crippen molar-refractivity contribution < 1.29 is 8.78 Å². The highest BCUT2D eigenvalue weighted by atomic mass is 19.1. The predicted octanol–water partition coefficient (Wildman–Crippen LogP) is 8.07. The second-order valence-electron chi connectivity index (χ2n) is 7.56. The van der Waals surface area contributed by atoms with Crippen molar-refractivity contribution in [2.45, 2.75) is 71.1 Å². The lowest BCUT2D eigenvalue weighted by atomic mass is 9.87. The third kappa shape index (κ3) is 6.61. The van der Waals surface area contributed by atoms with Gasteiger partial charge in [0.05, 0.1) is 0 Å². The quantitative estimate of drug-likeness (QED) is 0.351. The number of unbranched alkanes of at least 4 members (excludes halogenated alkanes) is 3. The number of benzene rings is 2. The molecule has 0 saturated heterocycles. The van der Waals surface area contributed by atoms with Gasteiger partial charge in [-0.1, -0.05) is 69.5 Å². The molecule has 0 spiro atoms. The van der Waals surface area contributed by atoms with Crippen molar-refractivity contribution in [3.8, 4) is 0 Å². The van der Waals surface area contributed by atoms with Crippen LogP contribution < -0.4 is 0 Å². The minimum atomic E-state index is -0.514.